The van der Waals surface area contributed by atoms with Crippen molar-refractivity contribution in [3.05, 3.63) is 42.0 Å². The van der Waals surface area contributed by atoms with Gasteiger partial charge in [-0.1, -0.05) is 30.3 Å². The van der Waals surface area contributed by atoms with Gasteiger partial charge in [0.15, 0.2) is 5.78 Å². The summed E-state index contributed by atoms with van der Waals surface area (Å²) in [5.41, 5.74) is 6.98. The molecular formula is C13H12N2O2. The maximum Gasteiger partial charge on any atom is 0.175 e. The number of rotatable bonds is 2. The molecule has 2 N–H and O–H groups in total. The fourth-order valence-electron chi connectivity index (χ4n) is 1.77. The molecule has 1 aromatic carbocycles. The van der Waals surface area contributed by atoms with Gasteiger partial charge in [-0.3, -0.25) is 9.59 Å². The third kappa shape index (κ3) is 2.15. The van der Waals surface area contributed by atoms with Gasteiger partial charge in [-0.05, 0) is 6.92 Å². The first-order valence-corrected chi connectivity index (χ1v) is 5.25. The minimum Gasteiger partial charge on any atom is -0.386 e. The average Bonchev–Trinajstić information content (AvgIpc) is 2.28. The summed E-state index contributed by atoms with van der Waals surface area (Å²) in [6, 6.07) is 9.25. The maximum absolute atomic E-state index is 11.8. The Hall–Kier alpha value is -2.23. The summed E-state index contributed by atoms with van der Waals surface area (Å²) in [4.78, 5) is 27.1. The molecule has 1 aliphatic heterocycles. The van der Waals surface area contributed by atoms with Crippen LogP contribution >= 0.6 is 0 Å². The molecule has 0 fully saturated rings. The van der Waals surface area contributed by atoms with Crippen molar-refractivity contribution < 1.29 is 9.59 Å². The molecule has 0 saturated carbocycles. The Labute approximate surface area is 98.8 Å². The van der Waals surface area contributed by atoms with Crippen molar-refractivity contribution in [3.8, 4) is 0 Å². The molecule has 4 heteroatoms. The van der Waals surface area contributed by atoms with Crippen LogP contribution in [-0.4, -0.2) is 17.4 Å². The largest absolute Gasteiger partial charge is 0.386 e. The molecule has 1 aliphatic rings. The van der Waals surface area contributed by atoms with Gasteiger partial charge in [0.25, 0.3) is 0 Å². The van der Waals surface area contributed by atoms with Crippen molar-refractivity contribution in [1.82, 2.24) is 0 Å². The monoisotopic (exact) mass is 228 g/mol. The highest BCUT2D eigenvalue weighted by atomic mass is 16.1. The summed E-state index contributed by atoms with van der Waals surface area (Å²) in [6.45, 7) is 1.34. The van der Waals surface area contributed by atoms with Gasteiger partial charge in [0.2, 0.25) is 0 Å². The second kappa shape index (κ2) is 4.33. The number of hydrogen-bond acceptors (Lipinski definition) is 4. The number of allylic oxidation sites excluding steroid dienone is 1. The van der Waals surface area contributed by atoms with Gasteiger partial charge in [0.1, 0.15) is 17.5 Å². The average molecular weight is 228 g/mol. The van der Waals surface area contributed by atoms with Crippen molar-refractivity contribution in [2.75, 3.05) is 0 Å². The zero-order chi connectivity index (χ0) is 12.4. The van der Waals surface area contributed by atoms with Gasteiger partial charge >= 0.3 is 0 Å². The van der Waals surface area contributed by atoms with Crippen LogP contribution in [0.25, 0.3) is 5.70 Å². The number of nitrogens with two attached hydrogens (primary N) is 1. The molecule has 1 aromatic rings. The minimum atomic E-state index is -0.914. The molecule has 0 saturated heterocycles. The normalized spacial score (nSPS) is 19.6. The van der Waals surface area contributed by atoms with Gasteiger partial charge < -0.3 is 5.73 Å². The predicted molar refractivity (Wildman–Crippen MR) is 65.2 cm³/mol. The molecule has 17 heavy (non-hydrogen) atoms. The molecular weight excluding hydrogens is 216 g/mol. The van der Waals surface area contributed by atoms with E-state index < -0.39 is 5.92 Å². The smallest absolute Gasteiger partial charge is 0.175 e. The summed E-state index contributed by atoms with van der Waals surface area (Å²) in [7, 11) is 0. The zero-order valence-electron chi connectivity index (χ0n) is 9.38. The highest BCUT2D eigenvalue weighted by Crippen LogP contribution is 2.21. The first-order valence-electron chi connectivity index (χ1n) is 5.25. The minimum absolute atomic E-state index is 0.0730. The van der Waals surface area contributed by atoms with E-state index in [9.17, 15) is 9.59 Å². The van der Waals surface area contributed by atoms with E-state index in [-0.39, 0.29) is 17.4 Å². The van der Waals surface area contributed by atoms with Crippen LogP contribution in [0.1, 0.15) is 12.5 Å². The summed E-state index contributed by atoms with van der Waals surface area (Å²) >= 11 is 0. The van der Waals surface area contributed by atoms with Crippen LogP contribution < -0.4 is 5.73 Å². The second-order valence-electron chi connectivity index (χ2n) is 3.88. The molecule has 4 nitrogen and oxygen atoms in total. The van der Waals surface area contributed by atoms with Gasteiger partial charge in [0.05, 0.1) is 5.70 Å². The Kier molecular flexibility index (Phi) is 2.87. The zero-order valence-corrected chi connectivity index (χ0v) is 9.38. The number of Topliss-reactive ketones (excluding diaryl/α,β-unsaturated/α-hetero) is 1. The molecule has 0 bridgehead atoms. The lowest BCUT2D eigenvalue weighted by Crippen LogP contribution is -2.37. The van der Waals surface area contributed by atoms with Crippen molar-refractivity contribution in [3.63, 3.8) is 0 Å². The van der Waals surface area contributed by atoms with Crippen LogP contribution in [0.2, 0.25) is 0 Å². The van der Waals surface area contributed by atoms with E-state index in [0.717, 1.165) is 5.56 Å². The van der Waals surface area contributed by atoms with E-state index in [4.69, 9.17) is 5.73 Å². The molecule has 0 aromatic heterocycles. The number of hydrogen-bond donors (Lipinski definition) is 1. The SMILES string of the molecule is CC(=O)C1C(=O)C=C(c2ccccc2)N=C1N. The first kappa shape index (κ1) is 11.3. The van der Waals surface area contributed by atoms with E-state index in [2.05, 4.69) is 4.99 Å². The molecule has 2 rings (SSSR count). The van der Waals surface area contributed by atoms with E-state index in [0.29, 0.717) is 5.70 Å². The highest BCUT2D eigenvalue weighted by molar-refractivity contribution is 6.26. The van der Waals surface area contributed by atoms with Crippen molar-refractivity contribution >= 4 is 23.1 Å². The van der Waals surface area contributed by atoms with Crippen molar-refractivity contribution in [2.24, 2.45) is 16.6 Å². The van der Waals surface area contributed by atoms with Crippen LogP contribution in [0.4, 0.5) is 0 Å². The van der Waals surface area contributed by atoms with Gasteiger partial charge in [-0.2, -0.15) is 0 Å². The Morgan fingerprint density at radius 2 is 1.94 bits per heavy atom. The van der Waals surface area contributed by atoms with Gasteiger partial charge in [0, 0.05) is 11.6 Å². The predicted octanol–water partition coefficient (Wildman–Crippen LogP) is 1.17. The highest BCUT2D eigenvalue weighted by Gasteiger charge is 2.29. The number of carbonyl (C=O) groups is 2. The van der Waals surface area contributed by atoms with Crippen molar-refractivity contribution in [1.29, 1.82) is 0 Å². The Balaban J connectivity index is 2.39. The number of carbonyl (C=O) groups excluding carboxylic acids is 2. The maximum atomic E-state index is 11.8. The number of amidine groups is 1. The van der Waals surface area contributed by atoms with Crippen LogP contribution in [-0.2, 0) is 9.59 Å². The lowest BCUT2D eigenvalue weighted by molar-refractivity contribution is -0.126. The molecule has 1 heterocycles. The first-order chi connectivity index (χ1) is 8.09. The van der Waals surface area contributed by atoms with E-state index in [1.54, 1.807) is 0 Å². The Morgan fingerprint density at radius 1 is 1.29 bits per heavy atom. The second-order valence-corrected chi connectivity index (χ2v) is 3.88. The fraction of sp³-hybridized carbons (Fsp3) is 0.154. The molecule has 86 valence electrons. The Morgan fingerprint density at radius 3 is 2.47 bits per heavy atom. The van der Waals surface area contributed by atoms with Crippen molar-refractivity contribution in [2.45, 2.75) is 6.92 Å². The van der Waals surface area contributed by atoms with Crippen LogP contribution in [0.15, 0.2) is 41.4 Å². The summed E-state index contributed by atoms with van der Waals surface area (Å²) in [5.74, 6) is -1.42. The van der Waals surface area contributed by atoms with Gasteiger partial charge in [-0.15, -0.1) is 0 Å². The van der Waals surface area contributed by atoms with Crippen LogP contribution in [0.5, 0.6) is 0 Å². The molecule has 1 unspecified atom stereocenters. The number of aliphatic imine (C=N–C) groups is 1. The summed E-state index contributed by atoms with van der Waals surface area (Å²) < 4.78 is 0. The number of benzene rings is 1. The summed E-state index contributed by atoms with van der Waals surface area (Å²) in [6.07, 6.45) is 1.37. The summed E-state index contributed by atoms with van der Waals surface area (Å²) in [5, 5.41) is 0. The number of ketones is 2. The standard InChI is InChI=1S/C13H12N2O2/c1-8(16)12-11(17)7-10(15-13(12)14)9-5-3-2-4-6-9/h2-7,12H,1H3,(H2,14,15). The molecule has 0 amide bonds. The molecule has 0 radical (unpaired) electrons. The van der Waals surface area contributed by atoms with E-state index in [1.807, 2.05) is 30.3 Å². The van der Waals surface area contributed by atoms with Crippen LogP contribution in [0.3, 0.4) is 0 Å². The topological polar surface area (TPSA) is 72.5 Å². The quantitative estimate of drug-likeness (QED) is 0.772. The Bertz CT molecular complexity index is 530. The third-order valence-corrected chi connectivity index (χ3v) is 2.58. The molecule has 0 aliphatic carbocycles. The molecule has 1 atom stereocenters. The van der Waals surface area contributed by atoms with Crippen LogP contribution in [0, 0.1) is 5.92 Å². The third-order valence-electron chi connectivity index (χ3n) is 2.58. The van der Waals surface area contributed by atoms with E-state index in [1.165, 1.54) is 13.0 Å². The van der Waals surface area contributed by atoms with Gasteiger partial charge in [-0.25, -0.2) is 4.99 Å². The molecule has 0 spiro atoms. The number of nitrogens with zero attached hydrogens (tertiary/aromatic N) is 1. The fourth-order valence-corrected chi connectivity index (χ4v) is 1.77. The van der Waals surface area contributed by atoms with E-state index >= 15 is 0 Å². The lowest BCUT2D eigenvalue weighted by atomic mass is 9.94. The lowest BCUT2D eigenvalue weighted by Gasteiger charge is -2.16.